The van der Waals surface area contributed by atoms with Crippen molar-refractivity contribution in [1.82, 2.24) is 4.90 Å². The van der Waals surface area contributed by atoms with Gasteiger partial charge in [0.05, 0.1) is 11.8 Å². The van der Waals surface area contributed by atoms with Gasteiger partial charge in [0.25, 0.3) is 5.91 Å². The molecule has 1 heterocycles. The molecule has 0 saturated heterocycles. The number of rotatable bonds is 6. The minimum absolute atomic E-state index is 0.0317. The minimum atomic E-state index is -3.37. The van der Waals surface area contributed by atoms with Crippen LogP contribution in [0.5, 0.6) is 5.75 Å². The number of hydrogen-bond acceptors (Lipinski definition) is 6. The van der Waals surface area contributed by atoms with Gasteiger partial charge in [-0.2, -0.15) is 0 Å². The standard InChI is InChI=1S/C21H21NO6S/c1-15-7-8-19(23)18(11-15)21(25)28-13-20(24)22(12-16-5-3-2-4-6-16)17-9-10-29(26,27)14-17/h2-11,17,23H,12-14H2,1H3/t17-/m0/s1. The zero-order valence-corrected chi connectivity index (χ0v) is 16.6. The van der Waals surface area contributed by atoms with Gasteiger partial charge in [0.1, 0.15) is 11.3 Å². The molecule has 1 aliphatic rings. The van der Waals surface area contributed by atoms with Gasteiger partial charge in [-0.05, 0) is 30.7 Å². The average molecular weight is 415 g/mol. The summed E-state index contributed by atoms with van der Waals surface area (Å²) in [6.07, 6.45) is 1.46. The maximum absolute atomic E-state index is 12.8. The van der Waals surface area contributed by atoms with E-state index in [9.17, 15) is 23.1 Å². The van der Waals surface area contributed by atoms with E-state index in [1.807, 2.05) is 30.3 Å². The van der Waals surface area contributed by atoms with Crippen molar-refractivity contribution in [2.24, 2.45) is 0 Å². The number of amides is 1. The lowest BCUT2D eigenvalue weighted by molar-refractivity contribution is -0.136. The van der Waals surface area contributed by atoms with E-state index >= 15 is 0 Å². The predicted molar refractivity (Wildman–Crippen MR) is 107 cm³/mol. The second-order valence-corrected chi connectivity index (χ2v) is 8.76. The first-order valence-corrected chi connectivity index (χ1v) is 10.7. The molecule has 8 heteroatoms. The fourth-order valence-corrected chi connectivity index (χ4v) is 4.32. The zero-order valence-electron chi connectivity index (χ0n) is 15.8. The average Bonchev–Trinajstić information content (AvgIpc) is 3.06. The van der Waals surface area contributed by atoms with Crippen LogP contribution in [0.1, 0.15) is 21.5 Å². The summed E-state index contributed by atoms with van der Waals surface area (Å²) in [6.45, 7) is 1.37. The number of hydrogen-bond donors (Lipinski definition) is 1. The van der Waals surface area contributed by atoms with Gasteiger partial charge in [0, 0.05) is 12.0 Å². The molecule has 0 radical (unpaired) electrons. The van der Waals surface area contributed by atoms with Crippen molar-refractivity contribution in [2.75, 3.05) is 12.4 Å². The third kappa shape index (κ3) is 5.23. The molecule has 0 unspecified atom stereocenters. The summed E-state index contributed by atoms with van der Waals surface area (Å²) in [5.74, 6) is -1.80. The molecule has 0 bridgehead atoms. The molecule has 29 heavy (non-hydrogen) atoms. The van der Waals surface area contributed by atoms with E-state index in [0.29, 0.717) is 0 Å². The smallest absolute Gasteiger partial charge is 0.342 e. The number of nitrogens with zero attached hydrogens (tertiary/aromatic N) is 1. The lowest BCUT2D eigenvalue weighted by Gasteiger charge is -2.27. The summed E-state index contributed by atoms with van der Waals surface area (Å²) in [4.78, 5) is 26.4. The van der Waals surface area contributed by atoms with Gasteiger partial charge in [-0.1, -0.05) is 42.0 Å². The number of ether oxygens (including phenoxy) is 1. The highest BCUT2D eigenvalue weighted by atomic mass is 32.2. The van der Waals surface area contributed by atoms with E-state index in [2.05, 4.69) is 0 Å². The number of carbonyl (C=O) groups is 2. The van der Waals surface area contributed by atoms with Crippen LogP contribution in [-0.2, 0) is 25.9 Å². The number of esters is 1. The molecule has 152 valence electrons. The monoisotopic (exact) mass is 415 g/mol. The van der Waals surface area contributed by atoms with E-state index in [1.165, 1.54) is 23.1 Å². The largest absolute Gasteiger partial charge is 0.507 e. The van der Waals surface area contributed by atoms with Gasteiger partial charge in [-0.15, -0.1) is 0 Å². The molecule has 0 aliphatic carbocycles. The normalized spacial score (nSPS) is 17.1. The van der Waals surface area contributed by atoms with E-state index in [0.717, 1.165) is 16.5 Å². The maximum atomic E-state index is 12.8. The van der Waals surface area contributed by atoms with Crippen LogP contribution in [0.25, 0.3) is 0 Å². The van der Waals surface area contributed by atoms with Gasteiger partial charge in [-0.3, -0.25) is 4.79 Å². The van der Waals surface area contributed by atoms with Crippen molar-refractivity contribution in [2.45, 2.75) is 19.5 Å². The Morgan fingerprint density at radius 1 is 1.17 bits per heavy atom. The molecule has 2 aromatic carbocycles. The molecule has 1 N–H and O–H groups in total. The first-order chi connectivity index (χ1) is 13.7. The van der Waals surface area contributed by atoms with Crippen molar-refractivity contribution < 1.29 is 27.9 Å². The molecule has 7 nitrogen and oxygen atoms in total. The Bertz CT molecular complexity index is 1050. The van der Waals surface area contributed by atoms with Gasteiger partial charge in [-0.25, -0.2) is 13.2 Å². The van der Waals surface area contributed by atoms with Crippen LogP contribution in [0, 0.1) is 6.92 Å². The molecule has 0 saturated carbocycles. The van der Waals surface area contributed by atoms with Crippen LogP contribution in [0.4, 0.5) is 0 Å². The molecular weight excluding hydrogens is 394 g/mol. The lowest BCUT2D eigenvalue weighted by atomic mass is 10.1. The van der Waals surface area contributed by atoms with E-state index in [-0.39, 0.29) is 23.6 Å². The molecule has 1 atom stereocenters. The fraction of sp³-hybridized carbons (Fsp3) is 0.238. The highest BCUT2D eigenvalue weighted by molar-refractivity contribution is 7.94. The molecule has 0 spiro atoms. The Hall–Kier alpha value is -3.13. The molecule has 1 aliphatic heterocycles. The van der Waals surface area contributed by atoms with E-state index in [4.69, 9.17) is 4.74 Å². The molecular formula is C21H21NO6S. The second kappa shape index (κ2) is 8.48. The van der Waals surface area contributed by atoms with E-state index < -0.39 is 34.4 Å². The van der Waals surface area contributed by atoms with Gasteiger partial charge < -0.3 is 14.7 Å². The zero-order chi connectivity index (χ0) is 21.0. The third-order valence-electron chi connectivity index (χ3n) is 4.53. The molecule has 1 amide bonds. The van der Waals surface area contributed by atoms with Gasteiger partial charge in [0.2, 0.25) is 0 Å². The minimum Gasteiger partial charge on any atom is -0.507 e. The number of benzene rings is 2. The van der Waals surface area contributed by atoms with Crippen LogP contribution in [0.3, 0.4) is 0 Å². The number of aryl methyl sites for hydroxylation is 1. The summed E-state index contributed by atoms with van der Waals surface area (Å²) in [7, 11) is -3.37. The highest BCUT2D eigenvalue weighted by Crippen LogP contribution is 2.20. The summed E-state index contributed by atoms with van der Waals surface area (Å²) in [5.41, 5.74) is 1.55. The van der Waals surface area contributed by atoms with Crippen LogP contribution < -0.4 is 0 Å². The van der Waals surface area contributed by atoms with Crippen LogP contribution in [-0.4, -0.2) is 48.7 Å². The van der Waals surface area contributed by atoms with Crippen LogP contribution in [0.2, 0.25) is 0 Å². The molecule has 2 aromatic rings. The highest BCUT2D eigenvalue weighted by Gasteiger charge is 2.31. The number of phenolic OH excluding ortho intramolecular Hbond substituents is 1. The van der Waals surface area contributed by atoms with Crippen molar-refractivity contribution in [3.8, 4) is 5.75 Å². The predicted octanol–water partition coefficient (Wildman–Crippen LogP) is 2.20. The first kappa shape index (κ1) is 20.6. The molecule has 0 fully saturated rings. The summed E-state index contributed by atoms with van der Waals surface area (Å²) in [5, 5.41) is 10.9. The Kier molecular flexibility index (Phi) is 6.03. The van der Waals surface area contributed by atoms with E-state index in [1.54, 1.807) is 13.0 Å². The summed E-state index contributed by atoms with van der Waals surface area (Å²) < 4.78 is 28.7. The summed E-state index contributed by atoms with van der Waals surface area (Å²) in [6, 6.07) is 13.0. The van der Waals surface area contributed by atoms with Crippen LogP contribution >= 0.6 is 0 Å². The van der Waals surface area contributed by atoms with Crippen LogP contribution in [0.15, 0.2) is 60.0 Å². The topological polar surface area (TPSA) is 101 Å². The number of carbonyl (C=O) groups excluding carboxylic acids is 2. The number of aromatic hydroxyl groups is 1. The lowest BCUT2D eigenvalue weighted by Crippen LogP contribution is -2.42. The maximum Gasteiger partial charge on any atom is 0.342 e. The van der Waals surface area contributed by atoms with Crippen molar-refractivity contribution in [1.29, 1.82) is 0 Å². The summed E-state index contributed by atoms with van der Waals surface area (Å²) >= 11 is 0. The SMILES string of the molecule is Cc1ccc(O)c(C(=O)OCC(=O)N(Cc2ccccc2)[C@H]2C=CS(=O)(=O)C2)c1. The van der Waals surface area contributed by atoms with Gasteiger partial charge >= 0.3 is 5.97 Å². The number of sulfone groups is 1. The quantitative estimate of drug-likeness (QED) is 0.726. The Labute approximate surface area is 169 Å². The molecule has 3 rings (SSSR count). The fourth-order valence-electron chi connectivity index (χ4n) is 3.03. The Balaban J connectivity index is 1.73. The Morgan fingerprint density at radius 2 is 1.90 bits per heavy atom. The first-order valence-electron chi connectivity index (χ1n) is 8.96. The van der Waals surface area contributed by atoms with Crippen molar-refractivity contribution in [3.05, 3.63) is 76.7 Å². The number of phenols is 1. The second-order valence-electron chi connectivity index (χ2n) is 6.83. The molecule has 0 aromatic heterocycles. The van der Waals surface area contributed by atoms with Gasteiger partial charge in [0.15, 0.2) is 16.4 Å². The van der Waals surface area contributed by atoms with Crippen molar-refractivity contribution in [3.63, 3.8) is 0 Å². The third-order valence-corrected chi connectivity index (χ3v) is 5.90. The van der Waals surface area contributed by atoms with Crippen molar-refractivity contribution >= 4 is 21.7 Å². The Morgan fingerprint density at radius 3 is 2.55 bits per heavy atom.